The number of H-pyrrole nitrogens is 1. The van der Waals surface area contributed by atoms with E-state index in [1.54, 1.807) is 12.4 Å². The Balaban J connectivity index is 1.95. The van der Waals surface area contributed by atoms with Gasteiger partial charge in [0, 0.05) is 30.3 Å². The van der Waals surface area contributed by atoms with Gasteiger partial charge in [-0.15, -0.1) is 11.3 Å². The molecule has 0 atom stereocenters. The van der Waals surface area contributed by atoms with Gasteiger partial charge in [-0.2, -0.15) is 0 Å². The van der Waals surface area contributed by atoms with E-state index in [-0.39, 0.29) is 11.5 Å². The molecular formula is C21H14N4O2S. The summed E-state index contributed by atoms with van der Waals surface area (Å²) in [6.45, 7) is 1.43. The first-order valence-electron chi connectivity index (χ1n) is 8.68. The molecule has 1 N–H and O–H groups in total. The average molecular weight is 386 g/mol. The Bertz CT molecular complexity index is 1400. The third kappa shape index (κ3) is 2.48. The molecule has 136 valence electrons. The van der Waals surface area contributed by atoms with Crippen LogP contribution in [0, 0.1) is 0 Å². The first-order chi connectivity index (χ1) is 13.6. The van der Waals surface area contributed by atoms with Crippen LogP contribution in [0.3, 0.4) is 0 Å². The van der Waals surface area contributed by atoms with Crippen LogP contribution >= 0.6 is 11.3 Å². The summed E-state index contributed by atoms with van der Waals surface area (Å²) in [6, 6.07) is 15.7. The standard InChI is InChI=1S/C21H14N4O2S/c1-12(26)25-18-17-15(13-6-3-2-4-7-13)10-16(14-8-5-9-22-11-14)23-21(17)28-19(18)20(27)24-25/h2-11H,1H3,(H,24,27). The van der Waals surface area contributed by atoms with Gasteiger partial charge in [-0.05, 0) is 29.3 Å². The molecule has 0 spiro atoms. The topological polar surface area (TPSA) is 80.6 Å². The van der Waals surface area contributed by atoms with E-state index in [4.69, 9.17) is 4.98 Å². The Hall–Kier alpha value is -3.58. The van der Waals surface area contributed by atoms with E-state index in [2.05, 4.69) is 10.1 Å². The van der Waals surface area contributed by atoms with E-state index in [9.17, 15) is 9.59 Å². The molecule has 6 nitrogen and oxygen atoms in total. The average Bonchev–Trinajstić information content (AvgIpc) is 3.26. The number of carbonyl (C=O) groups is 1. The fraction of sp³-hybridized carbons (Fsp3) is 0.0476. The summed E-state index contributed by atoms with van der Waals surface area (Å²) in [5.41, 5.74) is 3.88. The number of aromatic nitrogens is 4. The predicted molar refractivity (Wildman–Crippen MR) is 111 cm³/mol. The molecule has 28 heavy (non-hydrogen) atoms. The summed E-state index contributed by atoms with van der Waals surface area (Å²) >= 11 is 1.30. The number of thiophene rings is 1. The molecular weight excluding hydrogens is 372 g/mol. The highest BCUT2D eigenvalue weighted by atomic mass is 32.1. The maximum atomic E-state index is 12.4. The number of aromatic amines is 1. The first kappa shape index (κ1) is 16.6. The van der Waals surface area contributed by atoms with Gasteiger partial charge >= 0.3 is 0 Å². The Morgan fingerprint density at radius 2 is 1.89 bits per heavy atom. The van der Waals surface area contributed by atoms with Crippen LogP contribution < -0.4 is 5.56 Å². The number of hydrogen-bond donors (Lipinski definition) is 1. The monoisotopic (exact) mass is 386 g/mol. The van der Waals surface area contributed by atoms with Crippen LogP contribution in [-0.2, 0) is 0 Å². The number of carbonyl (C=O) groups excluding carboxylic acids is 1. The van der Waals surface area contributed by atoms with Gasteiger partial charge in [0.25, 0.3) is 5.56 Å². The predicted octanol–water partition coefficient (Wildman–Crippen LogP) is 4.33. The minimum Gasteiger partial charge on any atom is -0.273 e. The second-order valence-corrected chi connectivity index (χ2v) is 7.42. The molecule has 4 heterocycles. The first-order valence-corrected chi connectivity index (χ1v) is 9.50. The van der Waals surface area contributed by atoms with Crippen LogP contribution in [0.1, 0.15) is 11.7 Å². The molecule has 0 aliphatic heterocycles. The molecule has 0 radical (unpaired) electrons. The molecule has 0 bridgehead atoms. The zero-order valence-corrected chi connectivity index (χ0v) is 15.7. The van der Waals surface area contributed by atoms with Crippen molar-refractivity contribution in [3.63, 3.8) is 0 Å². The summed E-state index contributed by atoms with van der Waals surface area (Å²) in [7, 11) is 0. The fourth-order valence-corrected chi connectivity index (χ4v) is 4.48. The molecule has 0 saturated heterocycles. The van der Waals surface area contributed by atoms with Crippen molar-refractivity contribution in [1.29, 1.82) is 0 Å². The number of pyridine rings is 2. The third-order valence-electron chi connectivity index (χ3n) is 4.64. The molecule has 0 unspecified atom stereocenters. The Morgan fingerprint density at radius 1 is 1.11 bits per heavy atom. The van der Waals surface area contributed by atoms with E-state index in [1.165, 1.54) is 22.9 Å². The van der Waals surface area contributed by atoms with E-state index in [1.807, 2.05) is 48.5 Å². The lowest BCUT2D eigenvalue weighted by Crippen LogP contribution is -2.11. The summed E-state index contributed by atoms with van der Waals surface area (Å²) in [5.74, 6) is -0.248. The van der Waals surface area contributed by atoms with Crippen molar-refractivity contribution in [3.05, 3.63) is 71.3 Å². The molecule has 0 saturated carbocycles. The van der Waals surface area contributed by atoms with Crippen LogP contribution in [0.5, 0.6) is 0 Å². The molecule has 5 rings (SSSR count). The number of nitrogens with one attached hydrogen (secondary N) is 1. The van der Waals surface area contributed by atoms with Gasteiger partial charge in [-0.3, -0.25) is 19.7 Å². The fourth-order valence-electron chi connectivity index (χ4n) is 3.40. The van der Waals surface area contributed by atoms with Gasteiger partial charge in [-0.1, -0.05) is 30.3 Å². The second-order valence-electron chi connectivity index (χ2n) is 6.42. The largest absolute Gasteiger partial charge is 0.282 e. The summed E-state index contributed by atoms with van der Waals surface area (Å²) in [6.07, 6.45) is 3.48. The molecule has 4 aromatic heterocycles. The molecule has 0 amide bonds. The molecule has 0 aliphatic rings. The van der Waals surface area contributed by atoms with Crippen LogP contribution in [0.25, 0.3) is 42.8 Å². The van der Waals surface area contributed by atoms with Gasteiger partial charge in [0.15, 0.2) is 0 Å². The number of hydrogen-bond acceptors (Lipinski definition) is 5. The Labute approximate surface area is 163 Å². The van der Waals surface area contributed by atoms with Crippen molar-refractivity contribution < 1.29 is 4.79 Å². The summed E-state index contributed by atoms with van der Waals surface area (Å²) < 4.78 is 1.81. The van der Waals surface area contributed by atoms with E-state index < -0.39 is 0 Å². The van der Waals surface area contributed by atoms with Crippen LogP contribution in [-0.4, -0.2) is 25.7 Å². The maximum absolute atomic E-state index is 12.4. The number of benzene rings is 1. The quantitative estimate of drug-likeness (QED) is 0.490. The van der Waals surface area contributed by atoms with Gasteiger partial charge in [0.05, 0.1) is 5.69 Å². The minimum atomic E-state index is -0.282. The second kappa shape index (κ2) is 6.24. The van der Waals surface area contributed by atoms with Gasteiger partial charge < -0.3 is 0 Å². The lowest BCUT2D eigenvalue weighted by molar-refractivity contribution is 0.0926. The van der Waals surface area contributed by atoms with Gasteiger partial charge in [0.1, 0.15) is 15.0 Å². The maximum Gasteiger partial charge on any atom is 0.282 e. The Morgan fingerprint density at radius 3 is 2.61 bits per heavy atom. The smallest absolute Gasteiger partial charge is 0.273 e. The SMILES string of the molecule is CC(=O)n1[nH]c(=O)c2sc3nc(-c4cccnc4)cc(-c4ccccc4)c3c21. The lowest BCUT2D eigenvalue weighted by atomic mass is 10.0. The van der Waals surface area contributed by atoms with Gasteiger partial charge in [0.2, 0.25) is 5.91 Å². The van der Waals surface area contributed by atoms with Crippen molar-refractivity contribution in [3.8, 4) is 22.4 Å². The van der Waals surface area contributed by atoms with E-state index >= 15 is 0 Å². The highest BCUT2D eigenvalue weighted by Crippen LogP contribution is 2.39. The van der Waals surface area contributed by atoms with Gasteiger partial charge in [-0.25, -0.2) is 9.67 Å². The normalized spacial score (nSPS) is 11.3. The number of nitrogens with zero attached hydrogens (tertiary/aromatic N) is 3. The van der Waals surface area contributed by atoms with Crippen molar-refractivity contribution in [2.75, 3.05) is 0 Å². The van der Waals surface area contributed by atoms with Crippen molar-refractivity contribution in [2.24, 2.45) is 0 Å². The zero-order valence-electron chi connectivity index (χ0n) is 14.8. The summed E-state index contributed by atoms with van der Waals surface area (Å²) in [5, 5.41) is 3.43. The van der Waals surface area contributed by atoms with Crippen LogP contribution in [0.15, 0.2) is 65.7 Å². The zero-order chi connectivity index (χ0) is 19.3. The summed E-state index contributed by atoms with van der Waals surface area (Å²) in [4.78, 5) is 34.2. The number of rotatable bonds is 2. The third-order valence-corrected chi connectivity index (χ3v) is 5.71. The Kier molecular flexibility index (Phi) is 3.70. The van der Waals surface area contributed by atoms with E-state index in [0.717, 1.165) is 27.8 Å². The van der Waals surface area contributed by atoms with Crippen molar-refractivity contribution in [2.45, 2.75) is 6.92 Å². The molecule has 0 fully saturated rings. The van der Waals surface area contributed by atoms with Crippen LogP contribution in [0.2, 0.25) is 0 Å². The molecule has 7 heteroatoms. The van der Waals surface area contributed by atoms with Crippen molar-refractivity contribution in [1.82, 2.24) is 19.7 Å². The van der Waals surface area contributed by atoms with E-state index in [0.29, 0.717) is 15.0 Å². The lowest BCUT2D eigenvalue weighted by Gasteiger charge is -2.09. The molecule has 5 aromatic rings. The minimum absolute atomic E-state index is 0.248. The highest BCUT2D eigenvalue weighted by Gasteiger charge is 2.21. The van der Waals surface area contributed by atoms with Crippen LogP contribution in [0.4, 0.5) is 0 Å². The van der Waals surface area contributed by atoms with Crippen molar-refractivity contribution >= 4 is 37.7 Å². The number of fused-ring (bicyclic) bond motifs is 3. The molecule has 1 aromatic carbocycles. The molecule has 0 aliphatic carbocycles. The highest BCUT2D eigenvalue weighted by molar-refractivity contribution is 7.25.